The summed E-state index contributed by atoms with van der Waals surface area (Å²) in [7, 11) is 0. The van der Waals surface area contributed by atoms with E-state index in [9.17, 15) is 0 Å². The van der Waals surface area contributed by atoms with Crippen molar-refractivity contribution in [3.8, 4) is 11.1 Å². The third-order valence-electron chi connectivity index (χ3n) is 5.26. The van der Waals surface area contributed by atoms with Gasteiger partial charge in [0.1, 0.15) is 0 Å². The van der Waals surface area contributed by atoms with Crippen LogP contribution < -0.4 is 15.8 Å². The molecule has 0 aliphatic rings. The quantitative estimate of drug-likeness (QED) is 0.426. The highest BCUT2D eigenvalue weighted by Crippen LogP contribution is 2.24. The maximum absolute atomic E-state index is 4.43. The van der Waals surface area contributed by atoms with E-state index in [1.54, 1.807) is 12.3 Å². The molecule has 0 aliphatic carbocycles. The Labute approximate surface area is 180 Å². The van der Waals surface area contributed by atoms with E-state index in [1.165, 1.54) is 29.5 Å². The van der Waals surface area contributed by atoms with Gasteiger partial charge in [0.05, 0.1) is 5.69 Å². The summed E-state index contributed by atoms with van der Waals surface area (Å²) in [6.07, 6.45) is 7.17. The van der Waals surface area contributed by atoms with Gasteiger partial charge in [-0.25, -0.2) is 0 Å². The van der Waals surface area contributed by atoms with Crippen LogP contribution in [0.4, 0.5) is 17.1 Å². The van der Waals surface area contributed by atoms with Crippen molar-refractivity contribution < 1.29 is 0 Å². The molecule has 2 nitrogen and oxygen atoms in total. The van der Waals surface area contributed by atoms with E-state index < -0.39 is 0 Å². The van der Waals surface area contributed by atoms with Crippen molar-refractivity contribution in [1.29, 1.82) is 0 Å². The van der Waals surface area contributed by atoms with E-state index >= 15 is 0 Å². The van der Waals surface area contributed by atoms with Gasteiger partial charge >= 0.3 is 0 Å². The van der Waals surface area contributed by atoms with Crippen LogP contribution >= 0.6 is 0 Å². The molecule has 2 heteroatoms. The van der Waals surface area contributed by atoms with Crippen LogP contribution in [0.2, 0.25) is 0 Å². The van der Waals surface area contributed by atoms with Crippen LogP contribution in [0.15, 0.2) is 66.2 Å². The summed E-state index contributed by atoms with van der Waals surface area (Å²) in [5, 5.41) is 5.18. The van der Waals surface area contributed by atoms with Crippen LogP contribution in [0.25, 0.3) is 30.4 Å². The summed E-state index contributed by atoms with van der Waals surface area (Å²) in [6.45, 7) is 16.4. The summed E-state index contributed by atoms with van der Waals surface area (Å²) < 4.78 is 0. The van der Waals surface area contributed by atoms with E-state index in [2.05, 4.69) is 85.5 Å². The number of aliphatic imine (C=N–C) groups is 1. The standard InChI is InChI=1S/C28H30N2/c1-6-9-10-22-11-13-23(14-12-22)24-15-17-25(18-16-24)30-27-19-20(4)28(29-8-3)26(7-2)21(27)5/h7-8,11-19,30H,2,4-6,9-10H2,1,3H3. The largest absolute Gasteiger partial charge is 0.355 e. The van der Waals surface area contributed by atoms with Crippen molar-refractivity contribution in [2.24, 2.45) is 4.99 Å². The van der Waals surface area contributed by atoms with Gasteiger partial charge in [-0.15, -0.1) is 0 Å². The second-order valence-corrected chi connectivity index (χ2v) is 7.42. The average Bonchev–Trinajstić information content (AvgIpc) is 2.77. The number of aryl methyl sites for hydroxylation is 1. The number of hydrogen-bond acceptors (Lipinski definition) is 2. The van der Waals surface area contributed by atoms with Crippen molar-refractivity contribution >= 4 is 42.5 Å². The molecule has 30 heavy (non-hydrogen) atoms. The van der Waals surface area contributed by atoms with Crippen LogP contribution in [0.3, 0.4) is 0 Å². The minimum Gasteiger partial charge on any atom is -0.355 e. The Bertz CT molecular complexity index is 1140. The highest BCUT2D eigenvalue weighted by molar-refractivity contribution is 5.76. The Morgan fingerprint density at radius 3 is 2.17 bits per heavy atom. The molecule has 0 spiro atoms. The number of nitrogens with zero attached hydrogens (tertiary/aromatic N) is 1. The first-order valence-corrected chi connectivity index (χ1v) is 10.5. The second-order valence-electron chi connectivity index (χ2n) is 7.42. The van der Waals surface area contributed by atoms with Gasteiger partial charge in [0.2, 0.25) is 0 Å². The first-order valence-electron chi connectivity index (χ1n) is 10.5. The summed E-state index contributed by atoms with van der Waals surface area (Å²) in [5.74, 6) is 0. The Kier molecular flexibility index (Phi) is 7.03. The van der Waals surface area contributed by atoms with Gasteiger partial charge < -0.3 is 5.32 Å². The molecule has 0 atom stereocenters. The normalized spacial score (nSPS) is 11.0. The van der Waals surface area contributed by atoms with Gasteiger partial charge in [-0.3, -0.25) is 4.99 Å². The molecule has 0 aliphatic heterocycles. The Hall–Kier alpha value is -3.39. The minimum atomic E-state index is 0.820. The lowest BCUT2D eigenvalue weighted by Gasteiger charge is -2.12. The second kappa shape index (κ2) is 9.89. The molecule has 152 valence electrons. The van der Waals surface area contributed by atoms with Crippen molar-refractivity contribution in [2.45, 2.75) is 33.1 Å². The van der Waals surface area contributed by atoms with Crippen molar-refractivity contribution in [2.75, 3.05) is 5.32 Å². The maximum atomic E-state index is 4.43. The molecule has 0 bridgehead atoms. The van der Waals surface area contributed by atoms with Crippen LogP contribution in [0.5, 0.6) is 0 Å². The minimum absolute atomic E-state index is 0.820. The SMILES string of the molecule is C=Cc1c(N=CC)c(=C)cc(Nc2ccc(-c3ccc(CCCC)cc3)cc2)c1=C. The van der Waals surface area contributed by atoms with Gasteiger partial charge in [-0.1, -0.05) is 75.6 Å². The fraction of sp³-hybridized carbons (Fsp3) is 0.179. The number of rotatable bonds is 8. The fourth-order valence-electron chi connectivity index (χ4n) is 3.55. The number of unbranched alkanes of at least 4 members (excludes halogenated alkanes) is 1. The first kappa shape index (κ1) is 21.3. The molecule has 3 rings (SSSR count). The highest BCUT2D eigenvalue weighted by atomic mass is 14.9. The molecule has 1 N–H and O–H groups in total. The Morgan fingerprint density at radius 1 is 0.967 bits per heavy atom. The molecule has 0 amide bonds. The monoisotopic (exact) mass is 394 g/mol. The molecule has 3 aromatic carbocycles. The summed E-state index contributed by atoms with van der Waals surface area (Å²) in [4.78, 5) is 4.43. The molecular formula is C28H30N2. The Balaban J connectivity index is 1.82. The molecule has 0 heterocycles. The maximum Gasteiger partial charge on any atom is 0.0771 e. The molecule has 0 aromatic heterocycles. The molecule has 0 radical (unpaired) electrons. The Morgan fingerprint density at radius 2 is 1.60 bits per heavy atom. The molecule has 0 saturated carbocycles. The zero-order valence-corrected chi connectivity index (χ0v) is 18.0. The average molecular weight is 395 g/mol. The number of benzene rings is 3. The van der Waals surface area contributed by atoms with E-state index in [-0.39, 0.29) is 0 Å². The lowest BCUT2D eigenvalue weighted by molar-refractivity contribution is 0.795. The van der Waals surface area contributed by atoms with Crippen LogP contribution in [-0.4, -0.2) is 6.21 Å². The number of anilines is 2. The zero-order valence-electron chi connectivity index (χ0n) is 18.0. The highest BCUT2D eigenvalue weighted by Gasteiger charge is 2.06. The van der Waals surface area contributed by atoms with E-state index in [0.717, 1.165) is 39.5 Å². The molecule has 0 saturated heterocycles. The fourth-order valence-corrected chi connectivity index (χ4v) is 3.55. The van der Waals surface area contributed by atoms with Gasteiger partial charge in [-0.05, 0) is 59.9 Å². The predicted molar refractivity (Wildman–Crippen MR) is 134 cm³/mol. The van der Waals surface area contributed by atoms with Crippen molar-refractivity contribution in [1.82, 2.24) is 0 Å². The third kappa shape index (κ3) is 4.77. The van der Waals surface area contributed by atoms with Gasteiger partial charge in [0.15, 0.2) is 0 Å². The van der Waals surface area contributed by atoms with E-state index in [4.69, 9.17) is 0 Å². The summed E-state index contributed by atoms with van der Waals surface area (Å²) in [6, 6.07) is 19.3. The summed E-state index contributed by atoms with van der Waals surface area (Å²) >= 11 is 0. The van der Waals surface area contributed by atoms with Gasteiger partial charge in [0.25, 0.3) is 0 Å². The lowest BCUT2D eigenvalue weighted by atomic mass is 10.0. The van der Waals surface area contributed by atoms with Crippen LogP contribution in [0, 0.1) is 0 Å². The number of hydrogen-bond donors (Lipinski definition) is 1. The van der Waals surface area contributed by atoms with Crippen molar-refractivity contribution in [3.63, 3.8) is 0 Å². The van der Waals surface area contributed by atoms with E-state index in [0.29, 0.717) is 0 Å². The van der Waals surface area contributed by atoms with Crippen molar-refractivity contribution in [3.05, 3.63) is 82.7 Å². The van der Waals surface area contributed by atoms with Gasteiger partial charge in [0, 0.05) is 28.4 Å². The predicted octanol–water partition coefficient (Wildman–Crippen LogP) is 6.63. The first-order chi connectivity index (χ1) is 14.6. The topological polar surface area (TPSA) is 24.4 Å². The third-order valence-corrected chi connectivity index (χ3v) is 5.26. The molecular weight excluding hydrogens is 364 g/mol. The molecule has 0 unspecified atom stereocenters. The molecule has 3 aromatic rings. The van der Waals surface area contributed by atoms with Crippen LogP contribution in [0.1, 0.15) is 37.8 Å². The van der Waals surface area contributed by atoms with E-state index in [1.807, 2.05) is 13.0 Å². The summed E-state index contributed by atoms with van der Waals surface area (Å²) in [5.41, 5.74) is 7.48. The molecule has 0 fully saturated rings. The van der Waals surface area contributed by atoms with Crippen LogP contribution in [-0.2, 0) is 6.42 Å². The van der Waals surface area contributed by atoms with Gasteiger partial charge in [-0.2, -0.15) is 0 Å². The zero-order chi connectivity index (χ0) is 21.5. The lowest BCUT2D eigenvalue weighted by Crippen LogP contribution is -2.17. The smallest absolute Gasteiger partial charge is 0.0771 e. The number of nitrogens with one attached hydrogen (secondary N) is 1.